The number of ether oxygens (including phenoxy) is 2. The number of rotatable bonds is 5. The Morgan fingerprint density at radius 2 is 2.20 bits per heavy atom. The first-order chi connectivity index (χ1) is 7.27. The summed E-state index contributed by atoms with van der Waals surface area (Å²) in [5.41, 5.74) is 0.497. The standard InChI is InChI=1S/C11H12ClNO2/c1-14-5-2-6-15-11-7-10(12)4-3-9(11)8-13/h3-4,7H,2,5-6H2,1H3. The Labute approximate surface area is 94.2 Å². The molecule has 0 saturated heterocycles. The fourth-order valence-corrected chi connectivity index (χ4v) is 1.26. The van der Waals surface area contributed by atoms with Gasteiger partial charge in [0.25, 0.3) is 0 Å². The summed E-state index contributed by atoms with van der Waals surface area (Å²) >= 11 is 5.80. The third-order valence-electron chi connectivity index (χ3n) is 1.81. The summed E-state index contributed by atoms with van der Waals surface area (Å²) in [6.07, 6.45) is 0.786. The van der Waals surface area contributed by atoms with Crippen LogP contribution in [0.4, 0.5) is 0 Å². The Morgan fingerprint density at radius 1 is 1.40 bits per heavy atom. The first-order valence-corrected chi connectivity index (χ1v) is 4.97. The molecule has 80 valence electrons. The van der Waals surface area contributed by atoms with Gasteiger partial charge in [-0.25, -0.2) is 0 Å². The normalized spacial score (nSPS) is 9.67. The maximum atomic E-state index is 8.81. The summed E-state index contributed by atoms with van der Waals surface area (Å²) in [4.78, 5) is 0. The average Bonchev–Trinajstić information content (AvgIpc) is 2.25. The highest BCUT2D eigenvalue weighted by molar-refractivity contribution is 6.30. The molecule has 0 aliphatic heterocycles. The van der Waals surface area contributed by atoms with E-state index in [1.54, 1.807) is 25.3 Å². The van der Waals surface area contributed by atoms with Gasteiger partial charge in [0.05, 0.1) is 12.2 Å². The number of hydrogen-bond acceptors (Lipinski definition) is 3. The van der Waals surface area contributed by atoms with Crippen molar-refractivity contribution in [1.29, 1.82) is 5.26 Å². The van der Waals surface area contributed by atoms with Crippen molar-refractivity contribution in [3.05, 3.63) is 28.8 Å². The predicted molar refractivity (Wildman–Crippen MR) is 58.2 cm³/mol. The van der Waals surface area contributed by atoms with Crippen LogP contribution in [0, 0.1) is 11.3 Å². The second-order valence-corrected chi connectivity index (χ2v) is 3.38. The van der Waals surface area contributed by atoms with Crippen LogP contribution >= 0.6 is 11.6 Å². The van der Waals surface area contributed by atoms with Crippen molar-refractivity contribution in [3.8, 4) is 11.8 Å². The minimum atomic E-state index is 0.497. The number of methoxy groups -OCH3 is 1. The second kappa shape index (κ2) is 6.28. The summed E-state index contributed by atoms with van der Waals surface area (Å²) in [5.74, 6) is 0.529. The Bertz CT molecular complexity index is 360. The van der Waals surface area contributed by atoms with E-state index in [4.69, 9.17) is 26.3 Å². The lowest BCUT2D eigenvalue weighted by Gasteiger charge is -2.07. The van der Waals surface area contributed by atoms with Crippen molar-refractivity contribution in [2.24, 2.45) is 0 Å². The zero-order chi connectivity index (χ0) is 11.1. The highest BCUT2D eigenvalue weighted by atomic mass is 35.5. The molecule has 0 spiro atoms. The molecule has 0 N–H and O–H groups in total. The lowest BCUT2D eigenvalue weighted by molar-refractivity contribution is 0.172. The van der Waals surface area contributed by atoms with Crippen molar-refractivity contribution in [2.45, 2.75) is 6.42 Å². The predicted octanol–water partition coefficient (Wildman–Crippen LogP) is 2.63. The van der Waals surface area contributed by atoms with E-state index in [0.29, 0.717) is 29.5 Å². The zero-order valence-electron chi connectivity index (χ0n) is 8.50. The molecular formula is C11H12ClNO2. The van der Waals surface area contributed by atoms with Gasteiger partial charge in [-0.2, -0.15) is 5.26 Å². The van der Waals surface area contributed by atoms with E-state index in [9.17, 15) is 0 Å². The van der Waals surface area contributed by atoms with E-state index in [2.05, 4.69) is 0 Å². The van der Waals surface area contributed by atoms with E-state index in [0.717, 1.165) is 6.42 Å². The molecule has 0 unspecified atom stereocenters. The van der Waals surface area contributed by atoms with Crippen molar-refractivity contribution in [1.82, 2.24) is 0 Å². The van der Waals surface area contributed by atoms with Crippen LogP contribution in [0.15, 0.2) is 18.2 Å². The molecule has 1 rings (SSSR count). The fourth-order valence-electron chi connectivity index (χ4n) is 1.09. The molecule has 0 radical (unpaired) electrons. The van der Waals surface area contributed by atoms with Crippen molar-refractivity contribution >= 4 is 11.6 Å². The Kier molecular flexibility index (Phi) is 4.96. The molecule has 4 heteroatoms. The third-order valence-corrected chi connectivity index (χ3v) is 2.05. The third kappa shape index (κ3) is 3.78. The molecule has 1 aromatic carbocycles. The minimum Gasteiger partial charge on any atom is -0.492 e. The van der Waals surface area contributed by atoms with Gasteiger partial charge in [-0.3, -0.25) is 0 Å². The van der Waals surface area contributed by atoms with E-state index >= 15 is 0 Å². The Balaban J connectivity index is 2.59. The van der Waals surface area contributed by atoms with Crippen LogP contribution in [0.3, 0.4) is 0 Å². The number of nitriles is 1. The molecule has 0 aromatic heterocycles. The van der Waals surface area contributed by atoms with Gasteiger partial charge in [0.2, 0.25) is 0 Å². The van der Waals surface area contributed by atoms with Gasteiger partial charge in [0, 0.05) is 31.2 Å². The molecule has 15 heavy (non-hydrogen) atoms. The number of hydrogen-bond donors (Lipinski definition) is 0. The molecule has 0 amide bonds. The van der Waals surface area contributed by atoms with E-state index in [-0.39, 0.29) is 0 Å². The minimum absolute atomic E-state index is 0.497. The van der Waals surface area contributed by atoms with Gasteiger partial charge in [-0.05, 0) is 12.1 Å². The molecule has 0 bridgehead atoms. The van der Waals surface area contributed by atoms with E-state index in [1.165, 1.54) is 0 Å². The molecule has 0 saturated carbocycles. The van der Waals surface area contributed by atoms with Gasteiger partial charge < -0.3 is 9.47 Å². The summed E-state index contributed by atoms with van der Waals surface area (Å²) in [7, 11) is 1.64. The fraction of sp³-hybridized carbons (Fsp3) is 0.364. The molecule has 0 aliphatic rings. The van der Waals surface area contributed by atoms with Gasteiger partial charge in [-0.1, -0.05) is 11.6 Å². The molecular weight excluding hydrogens is 214 g/mol. The summed E-state index contributed by atoms with van der Waals surface area (Å²) in [5, 5.41) is 9.38. The average molecular weight is 226 g/mol. The van der Waals surface area contributed by atoms with Gasteiger partial charge >= 0.3 is 0 Å². The first kappa shape index (κ1) is 11.8. The van der Waals surface area contributed by atoms with Crippen LogP contribution in [-0.2, 0) is 4.74 Å². The largest absolute Gasteiger partial charge is 0.492 e. The van der Waals surface area contributed by atoms with Gasteiger partial charge in [0.1, 0.15) is 11.8 Å². The van der Waals surface area contributed by atoms with Crippen LogP contribution in [0.25, 0.3) is 0 Å². The monoisotopic (exact) mass is 225 g/mol. The summed E-state index contributed by atoms with van der Waals surface area (Å²) in [6, 6.07) is 7.01. The molecule has 1 aromatic rings. The number of nitrogens with zero attached hydrogens (tertiary/aromatic N) is 1. The Morgan fingerprint density at radius 3 is 2.87 bits per heavy atom. The van der Waals surface area contributed by atoms with E-state index in [1.807, 2.05) is 6.07 Å². The maximum Gasteiger partial charge on any atom is 0.138 e. The Hall–Kier alpha value is -1.24. The number of benzene rings is 1. The maximum absolute atomic E-state index is 8.81. The quantitative estimate of drug-likeness (QED) is 0.724. The topological polar surface area (TPSA) is 42.2 Å². The molecule has 0 heterocycles. The van der Waals surface area contributed by atoms with E-state index < -0.39 is 0 Å². The van der Waals surface area contributed by atoms with Crippen LogP contribution in [0.5, 0.6) is 5.75 Å². The lowest BCUT2D eigenvalue weighted by atomic mass is 10.2. The summed E-state index contributed by atoms with van der Waals surface area (Å²) in [6.45, 7) is 1.16. The molecule has 0 aliphatic carbocycles. The summed E-state index contributed by atoms with van der Waals surface area (Å²) < 4.78 is 10.3. The van der Waals surface area contributed by atoms with Crippen LogP contribution in [0.2, 0.25) is 5.02 Å². The van der Waals surface area contributed by atoms with Crippen LogP contribution in [-0.4, -0.2) is 20.3 Å². The smallest absolute Gasteiger partial charge is 0.138 e. The van der Waals surface area contributed by atoms with Crippen molar-refractivity contribution in [3.63, 3.8) is 0 Å². The second-order valence-electron chi connectivity index (χ2n) is 2.95. The van der Waals surface area contributed by atoms with Gasteiger partial charge in [-0.15, -0.1) is 0 Å². The SMILES string of the molecule is COCCCOc1cc(Cl)ccc1C#N. The molecule has 0 atom stereocenters. The van der Waals surface area contributed by atoms with Crippen molar-refractivity contribution < 1.29 is 9.47 Å². The van der Waals surface area contributed by atoms with Crippen LogP contribution in [0.1, 0.15) is 12.0 Å². The molecule has 3 nitrogen and oxygen atoms in total. The lowest BCUT2D eigenvalue weighted by Crippen LogP contribution is -2.02. The zero-order valence-corrected chi connectivity index (χ0v) is 9.25. The number of halogens is 1. The molecule has 0 fully saturated rings. The van der Waals surface area contributed by atoms with Crippen LogP contribution < -0.4 is 4.74 Å². The van der Waals surface area contributed by atoms with Crippen molar-refractivity contribution in [2.75, 3.05) is 20.3 Å². The van der Waals surface area contributed by atoms with Gasteiger partial charge in [0.15, 0.2) is 0 Å². The highest BCUT2D eigenvalue weighted by Crippen LogP contribution is 2.22. The highest BCUT2D eigenvalue weighted by Gasteiger charge is 2.03. The first-order valence-electron chi connectivity index (χ1n) is 4.59.